The summed E-state index contributed by atoms with van der Waals surface area (Å²) in [7, 11) is 0. The lowest BCUT2D eigenvalue weighted by molar-refractivity contribution is 0.457. The first kappa shape index (κ1) is 15.9. The third-order valence-corrected chi connectivity index (χ3v) is 4.60. The summed E-state index contributed by atoms with van der Waals surface area (Å²) in [5, 5.41) is 18.3. The molecule has 2 aromatic carbocycles. The molecule has 5 nitrogen and oxygen atoms in total. The Hall–Kier alpha value is -2.57. The minimum atomic E-state index is 0.0512. The van der Waals surface area contributed by atoms with E-state index < -0.39 is 0 Å². The van der Waals surface area contributed by atoms with E-state index in [0.29, 0.717) is 22.1 Å². The minimum absolute atomic E-state index is 0.0512. The fraction of sp³-hybridized carbons (Fsp3) is 0. The van der Waals surface area contributed by atoms with Crippen molar-refractivity contribution in [3.05, 3.63) is 75.5 Å². The van der Waals surface area contributed by atoms with E-state index in [2.05, 4.69) is 36.1 Å². The molecule has 0 amide bonds. The fourth-order valence-electron chi connectivity index (χ4n) is 2.71. The van der Waals surface area contributed by atoms with E-state index in [1.165, 1.54) is 0 Å². The van der Waals surface area contributed by atoms with Crippen molar-refractivity contribution in [1.29, 1.82) is 0 Å². The summed E-state index contributed by atoms with van der Waals surface area (Å²) in [5.74, 6) is 0.0512. The molecular weight excluding hydrogens is 404 g/mol. The number of benzene rings is 2. The standard InChI is InChI=1S/C18H12BrClN4O/c19-11-6-7-13-12(8-11)15(18(25)23-13)16(10-4-2-1-3-5-10)22-14-9-21-24-17(14)20/h1-9,23,25H,(H,21,24). The van der Waals surface area contributed by atoms with Crippen LogP contribution in [-0.4, -0.2) is 26.0 Å². The van der Waals surface area contributed by atoms with Gasteiger partial charge in [-0.25, -0.2) is 4.99 Å². The van der Waals surface area contributed by atoms with E-state index in [1.807, 2.05) is 48.5 Å². The van der Waals surface area contributed by atoms with Crippen molar-refractivity contribution in [1.82, 2.24) is 15.2 Å². The predicted molar refractivity (Wildman–Crippen MR) is 103 cm³/mol. The zero-order valence-corrected chi connectivity index (χ0v) is 15.1. The number of aromatic amines is 2. The maximum atomic E-state index is 10.5. The third kappa shape index (κ3) is 2.94. The lowest BCUT2D eigenvalue weighted by atomic mass is 10.0. The smallest absolute Gasteiger partial charge is 0.199 e. The number of hydrogen-bond acceptors (Lipinski definition) is 3. The number of aromatic hydroxyl groups is 1. The Balaban J connectivity index is 2.03. The van der Waals surface area contributed by atoms with Gasteiger partial charge in [-0.15, -0.1) is 0 Å². The Labute approximate surface area is 156 Å². The summed E-state index contributed by atoms with van der Waals surface area (Å²) >= 11 is 9.59. The summed E-state index contributed by atoms with van der Waals surface area (Å²) in [6, 6.07) is 15.4. The number of H-pyrrole nitrogens is 2. The quantitative estimate of drug-likeness (QED) is 0.403. The van der Waals surface area contributed by atoms with Crippen LogP contribution < -0.4 is 0 Å². The summed E-state index contributed by atoms with van der Waals surface area (Å²) in [4.78, 5) is 7.66. The van der Waals surface area contributed by atoms with E-state index >= 15 is 0 Å². The third-order valence-electron chi connectivity index (χ3n) is 3.83. The van der Waals surface area contributed by atoms with Gasteiger partial charge < -0.3 is 10.1 Å². The first-order chi connectivity index (χ1) is 12.1. The monoisotopic (exact) mass is 414 g/mol. The Bertz CT molecular complexity index is 1090. The molecule has 0 bridgehead atoms. The van der Waals surface area contributed by atoms with Crippen molar-refractivity contribution in [2.45, 2.75) is 0 Å². The van der Waals surface area contributed by atoms with Crippen LogP contribution in [0.4, 0.5) is 5.69 Å². The van der Waals surface area contributed by atoms with Gasteiger partial charge in [-0.3, -0.25) is 5.10 Å². The molecule has 2 heterocycles. The van der Waals surface area contributed by atoms with Crippen LogP contribution in [-0.2, 0) is 0 Å². The SMILES string of the molecule is Oc1[nH]c2ccc(Br)cc2c1C(=Nc1cn[nH]c1Cl)c1ccccc1. The predicted octanol–water partition coefficient (Wildman–Crippen LogP) is 5.18. The number of nitrogens with zero attached hydrogens (tertiary/aromatic N) is 2. The van der Waals surface area contributed by atoms with Crippen LogP contribution in [0.15, 0.2) is 64.2 Å². The van der Waals surface area contributed by atoms with Crippen LogP contribution >= 0.6 is 27.5 Å². The summed E-state index contributed by atoms with van der Waals surface area (Å²) < 4.78 is 0.911. The van der Waals surface area contributed by atoms with E-state index in [4.69, 9.17) is 11.6 Å². The lowest BCUT2D eigenvalue weighted by Gasteiger charge is -2.07. The average molecular weight is 416 g/mol. The van der Waals surface area contributed by atoms with E-state index in [9.17, 15) is 5.11 Å². The van der Waals surface area contributed by atoms with Gasteiger partial charge in [-0.1, -0.05) is 57.9 Å². The zero-order chi connectivity index (χ0) is 17.4. The van der Waals surface area contributed by atoms with E-state index in [-0.39, 0.29) is 5.88 Å². The topological polar surface area (TPSA) is 77.1 Å². The Kier molecular flexibility index (Phi) is 4.07. The molecule has 0 fully saturated rings. The molecule has 0 radical (unpaired) electrons. The molecule has 124 valence electrons. The van der Waals surface area contributed by atoms with Gasteiger partial charge in [0.15, 0.2) is 5.88 Å². The molecule has 25 heavy (non-hydrogen) atoms. The van der Waals surface area contributed by atoms with Crippen LogP contribution in [0.5, 0.6) is 5.88 Å². The van der Waals surface area contributed by atoms with Crippen molar-refractivity contribution >= 4 is 49.8 Å². The number of nitrogens with one attached hydrogen (secondary N) is 2. The molecule has 0 unspecified atom stereocenters. The Morgan fingerprint density at radius 2 is 1.96 bits per heavy atom. The molecule has 0 aliphatic carbocycles. The summed E-state index contributed by atoms with van der Waals surface area (Å²) in [6.07, 6.45) is 1.55. The molecule has 0 saturated heterocycles. The van der Waals surface area contributed by atoms with Gasteiger partial charge in [0.05, 0.1) is 17.5 Å². The van der Waals surface area contributed by atoms with Gasteiger partial charge in [-0.05, 0) is 18.2 Å². The van der Waals surface area contributed by atoms with Crippen LogP contribution in [0.25, 0.3) is 10.9 Å². The Morgan fingerprint density at radius 1 is 1.16 bits per heavy atom. The van der Waals surface area contributed by atoms with Gasteiger partial charge in [0.1, 0.15) is 10.8 Å². The minimum Gasteiger partial charge on any atom is -0.494 e. The number of aromatic nitrogens is 3. The summed E-state index contributed by atoms with van der Waals surface area (Å²) in [5.41, 5.74) is 3.39. The van der Waals surface area contributed by atoms with Crippen molar-refractivity contribution < 1.29 is 5.11 Å². The highest BCUT2D eigenvalue weighted by Crippen LogP contribution is 2.33. The molecule has 2 aromatic heterocycles. The molecule has 3 N–H and O–H groups in total. The maximum absolute atomic E-state index is 10.5. The number of halogens is 2. The van der Waals surface area contributed by atoms with E-state index in [0.717, 1.165) is 20.9 Å². The van der Waals surface area contributed by atoms with Gasteiger partial charge in [-0.2, -0.15) is 5.10 Å². The molecule has 0 aliphatic rings. The van der Waals surface area contributed by atoms with Crippen LogP contribution in [0.1, 0.15) is 11.1 Å². The number of aliphatic imine (C=N–C) groups is 1. The zero-order valence-electron chi connectivity index (χ0n) is 12.8. The van der Waals surface area contributed by atoms with Crippen molar-refractivity contribution in [3.63, 3.8) is 0 Å². The van der Waals surface area contributed by atoms with Gasteiger partial charge in [0.25, 0.3) is 0 Å². The molecule has 4 rings (SSSR count). The second-order valence-corrected chi connectivity index (χ2v) is 6.73. The van der Waals surface area contributed by atoms with Crippen molar-refractivity contribution in [2.24, 2.45) is 4.99 Å². The van der Waals surface area contributed by atoms with E-state index in [1.54, 1.807) is 6.20 Å². The normalized spacial score (nSPS) is 12.0. The van der Waals surface area contributed by atoms with Crippen LogP contribution in [0.2, 0.25) is 5.15 Å². The largest absolute Gasteiger partial charge is 0.494 e. The van der Waals surface area contributed by atoms with Crippen molar-refractivity contribution in [2.75, 3.05) is 0 Å². The number of hydrogen-bond donors (Lipinski definition) is 3. The number of fused-ring (bicyclic) bond motifs is 1. The lowest BCUT2D eigenvalue weighted by Crippen LogP contribution is -2.02. The van der Waals surface area contributed by atoms with Crippen molar-refractivity contribution in [3.8, 4) is 5.88 Å². The highest BCUT2D eigenvalue weighted by molar-refractivity contribution is 9.10. The van der Waals surface area contributed by atoms with Gasteiger partial charge in [0.2, 0.25) is 0 Å². The summed E-state index contributed by atoms with van der Waals surface area (Å²) in [6.45, 7) is 0. The molecule has 4 aromatic rings. The molecule has 0 atom stereocenters. The van der Waals surface area contributed by atoms with Crippen LogP contribution in [0, 0.1) is 0 Å². The highest BCUT2D eigenvalue weighted by atomic mass is 79.9. The second kappa shape index (κ2) is 6.38. The molecule has 7 heteroatoms. The highest BCUT2D eigenvalue weighted by Gasteiger charge is 2.19. The average Bonchev–Trinajstić information content (AvgIpc) is 3.16. The molecule has 0 saturated carbocycles. The Morgan fingerprint density at radius 3 is 2.68 bits per heavy atom. The fourth-order valence-corrected chi connectivity index (χ4v) is 3.21. The first-order valence-corrected chi connectivity index (χ1v) is 8.64. The van der Waals surface area contributed by atoms with Crippen LogP contribution in [0.3, 0.4) is 0 Å². The maximum Gasteiger partial charge on any atom is 0.199 e. The molecule has 0 aliphatic heterocycles. The van der Waals surface area contributed by atoms with Gasteiger partial charge in [0, 0.05) is 20.9 Å². The molecule has 0 spiro atoms. The van der Waals surface area contributed by atoms with Gasteiger partial charge >= 0.3 is 0 Å². The second-order valence-electron chi connectivity index (χ2n) is 5.43. The first-order valence-electron chi connectivity index (χ1n) is 7.47. The molecular formula is C18H12BrClN4O. The number of rotatable bonds is 3.